The zero-order chi connectivity index (χ0) is 14.2. The van der Waals surface area contributed by atoms with Gasteiger partial charge >= 0.3 is 0 Å². The van der Waals surface area contributed by atoms with Crippen LogP contribution in [0.15, 0.2) is 12.1 Å². The molecular weight excluding hydrogens is 257 g/mol. The number of hydrogen-bond acceptors (Lipinski definition) is 2. The summed E-state index contributed by atoms with van der Waals surface area (Å²) in [5.41, 5.74) is -0.159. The van der Waals surface area contributed by atoms with E-state index >= 15 is 0 Å². The summed E-state index contributed by atoms with van der Waals surface area (Å²) in [5.74, 6) is -4.71. The van der Waals surface area contributed by atoms with E-state index < -0.39 is 23.4 Å². The Hall–Kier alpha value is -1.56. The first-order chi connectivity index (χ1) is 8.90. The molecule has 1 aromatic rings. The van der Waals surface area contributed by atoms with Crippen LogP contribution in [0.2, 0.25) is 0 Å². The van der Waals surface area contributed by atoms with Gasteiger partial charge in [0.2, 0.25) is 0 Å². The molecule has 0 aliphatic carbocycles. The highest BCUT2D eigenvalue weighted by Gasteiger charge is 2.26. The normalized spacial score (nSPS) is 20.7. The molecule has 1 heterocycles. The van der Waals surface area contributed by atoms with Gasteiger partial charge in [-0.25, -0.2) is 13.2 Å². The van der Waals surface area contributed by atoms with E-state index in [1.807, 2.05) is 14.0 Å². The van der Waals surface area contributed by atoms with E-state index in [0.29, 0.717) is 19.6 Å². The fraction of sp³-hybridized carbons (Fsp3) is 0.462. The lowest BCUT2D eigenvalue weighted by atomic mass is 10.1. The van der Waals surface area contributed by atoms with Crippen LogP contribution >= 0.6 is 0 Å². The van der Waals surface area contributed by atoms with Gasteiger partial charge in [0, 0.05) is 31.2 Å². The second kappa shape index (κ2) is 5.21. The Kier molecular flexibility index (Phi) is 3.80. The molecule has 1 amide bonds. The van der Waals surface area contributed by atoms with Gasteiger partial charge in [-0.15, -0.1) is 0 Å². The molecule has 1 saturated heterocycles. The first kappa shape index (κ1) is 13.9. The number of likely N-dealkylation sites (N-methyl/N-ethyl adjacent to an activating group) is 1. The second-order valence-corrected chi connectivity index (χ2v) is 4.83. The van der Waals surface area contributed by atoms with Crippen molar-refractivity contribution in [3.63, 3.8) is 0 Å². The monoisotopic (exact) mass is 272 g/mol. The van der Waals surface area contributed by atoms with Gasteiger partial charge in [-0.2, -0.15) is 0 Å². The molecule has 104 valence electrons. The molecule has 0 N–H and O–H groups in total. The van der Waals surface area contributed by atoms with E-state index in [1.54, 1.807) is 0 Å². The van der Waals surface area contributed by atoms with E-state index in [2.05, 4.69) is 4.90 Å². The predicted octanol–water partition coefficient (Wildman–Crippen LogP) is 1.88. The third-order valence-corrected chi connectivity index (χ3v) is 3.48. The molecule has 1 fully saturated rings. The fourth-order valence-corrected chi connectivity index (χ4v) is 2.09. The lowest BCUT2D eigenvalue weighted by Crippen LogP contribution is -2.52. The second-order valence-electron chi connectivity index (χ2n) is 4.83. The predicted molar refractivity (Wildman–Crippen MR) is 64.3 cm³/mol. The van der Waals surface area contributed by atoms with Crippen LogP contribution < -0.4 is 0 Å². The van der Waals surface area contributed by atoms with Crippen LogP contribution in [0.5, 0.6) is 0 Å². The minimum absolute atomic E-state index is 0.159. The largest absolute Gasteiger partial charge is 0.336 e. The number of amides is 1. The molecule has 19 heavy (non-hydrogen) atoms. The maximum absolute atomic E-state index is 13.1. The quantitative estimate of drug-likeness (QED) is 0.729. The van der Waals surface area contributed by atoms with Crippen LogP contribution in [0, 0.1) is 17.5 Å². The zero-order valence-corrected chi connectivity index (χ0v) is 10.8. The van der Waals surface area contributed by atoms with Crippen molar-refractivity contribution >= 4 is 5.91 Å². The minimum Gasteiger partial charge on any atom is -0.336 e. The van der Waals surface area contributed by atoms with E-state index in [1.165, 1.54) is 4.90 Å². The van der Waals surface area contributed by atoms with Crippen molar-refractivity contribution in [3.8, 4) is 0 Å². The smallest absolute Gasteiger partial charge is 0.254 e. The van der Waals surface area contributed by atoms with Crippen molar-refractivity contribution in [2.45, 2.75) is 13.0 Å². The number of carbonyl (C=O) groups is 1. The summed E-state index contributed by atoms with van der Waals surface area (Å²) in [6.07, 6.45) is 0. The van der Waals surface area contributed by atoms with E-state index in [0.717, 1.165) is 12.1 Å². The van der Waals surface area contributed by atoms with Crippen molar-refractivity contribution < 1.29 is 18.0 Å². The maximum atomic E-state index is 13.1. The summed E-state index contributed by atoms with van der Waals surface area (Å²) in [4.78, 5) is 15.7. The lowest BCUT2D eigenvalue weighted by molar-refractivity contribution is 0.0571. The van der Waals surface area contributed by atoms with Crippen molar-refractivity contribution in [2.24, 2.45) is 0 Å². The maximum Gasteiger partial charge on any atom is 0.254 e. The SMILES string of the molecule is CC1CN(C(=O)c2cc(F)c(F)c(F)c2)CCN1C. The zero-order valence-electron chi connectivity index (χ0n) is 10.8. The molecule has 3 nitrogen and oxygen atoms in total. The number of hydrogen-bond donors (Lipinski definition) is 0. The first-order valence-electron chi connectivity index (χ1n) is 6.04. The molecule has 0 saturated carbocycles. The van der Waals surface area contributed by atoms with Crippen molar-refractivity contribution in [3.05, 3.63) is 35.1 Å². The van der Waals surface area contributed by atoms with Crippen LogP contribution in [-0.2, 0) is 0 Å². The summed E-state index contributed by atoms with van der Waals surface area (Å²) in [7, 11) is 1.95. The highest BCUT2D eigenvalue weighted by atomic mass is 19.2. The molecule has 1 atom stereocenters. The molecular formula is C13H15F3N2O. The van der Waals surface area contributed by atoms with Crippen LogP contribution in [0.4, 0.5) is 13.2 Å². The third-order valence-electron chi connectivity index (χ3n) is 3.48. The molecule has 1 aliphatic heterocycles. The number of nitrogens with zero attached hydrogens (tertiary/aromatic N) is 2. The summed E-state index contributed by atoms with van der Waals surface area (Å²) < 4.78 is 39.1. The van der Waals surface area contributed by atoms with Crippen LogP contribution in [0.25, 0.3) is 0 Å². The molecule has 0 radical (unpaired) electrons. The molecule has 0 aromatic heterocycles. The van der Waals surface area contributed by atoms with E-state index in [4.69, 9.17) is 0 Å². The molecule has 1 unspecified atom stereocenters. The van der Waals surface area contributed by atoms with Crippen LogP contribution in [-0.4, -0.2) is 48.4 Å². The first-order valence-corrected chi connectivity index (χ1v) is 6.04. The highest BCUT2D eigenvalue weighted by molar-refractivity contribution is 5.94. The van der Waals surface area contributed by atoms with Gasteiger partial charge in [0.25, 0.3) is 5.91 Å². The summed E-state index contributed by atoms with van der Waals surface area (Å²) in [6, 6.07) is 1.65. The molecule has 2 rings (SSSR count). The van der Waals surface area contributed by atoms with Gasteiger partial charge in [0.15, 0.2) is 17.5 Å². The number of rotatable bonds is 1. The molecule has 1 aromatic carbocycles. The average molecular weight is 272 g/mol. The van der Waals surface area contributed by atoms with Gasteiger partial charge < -0.3 is 9.80 Å². The van der Waals surface area contributed by atoms with E-state index in [-0.39, 0.29) is 11.6 Å². The Bertz CT molecular complexity index is 484. The summed E-state index contributed by atoms with van der Waals surface area (Å²) in [5, 5.41) is 0. The topological polar surface area (TPSA) is 23.6 Å². The van der Waals surface area contributed by atoms with Crippen molar-refractivity contribution in [1.29, 1.82) is 0 Å². The van der Waals surface area contributed by atoms with Crippen molar-refractivity contribution in [1.82, 2.24) is 9.80 Å². The Balaban J connectivity index is 2.20. The van der Waals surface area contributed by atoms with Gasteiger partial charge in [-0.3, -0.25) is 4.79 Å². The average Bonchev–Trinajstić information content (AvgIpc) is 2.37. The summed E-state index contributed by atoms with van der Waals surface area (Å²) >= 11 is 0. The van der Waals surface area contributed by atoms with Gasteiger partial charge in [-0.1, -0.05) is 0 Å². The Labute approximate surface area is 109 Å². The summed E-state index contributed by atoms with van der Waals surface area (Å²) in [6.45, 7) is 3.63. The highest BCUT2D eigenvalue weighted by Crippen LogP contribution is 2.17. The molecule has 6 heteroatoms. The minimum atomic E-state index is -1.55. The number of piperazine rings is 1. The van der Waals surface area contributed by atoms with Crippen LogP contribution in [0.1, 0.15) is 17.3 Å². The third kappa shape index (κ3) is 2.73. The van der Waals surface area contributed by atoms with Crippen molar-refractivity contribution in [2.75, 3.05) is 26.7 Å². The fourth-order valence-electron chi connectivity index (χ4n) is 2.09. The molecule has 1 aliphatic rings. The number of halogens is 3. The number of carbonyl (C=O) groups excluding carboxylic acids is 1. The van der Waals surface area contributed by atoms with Gasteiger partial charge in [-0.05, 0) is 26.1 Å². The number of benzene rings is 1. The lowest BCUT2D eigenvalue weighted by Gasteiger charge is -2.37. The van der Waals surface area contributed by atoms with E-state index in [9.17, 15) is 18.0 Å². The molecule has 0 spiro atoms. The molecule has 0 bridgehead atoms. The van der Waals surface area contributed by atoms with Gasteiger partial charge in [0.05, 0.1) is 0 Å². The standard InChI is InChI=1S/C13H15F3N2O/c1-8-7-18(4-3-17(8)2)13(19)9-5-10(14)12(16)11(15)6-9/h5-6,8H,3-4,7H2,1-2H3. The van der Waals surface area contributed by atoms with Gasteiger partial charge in [0.1, 0.15) is 0 Å². The van der Waals surface area contributed by atoms with Crippen LogP contribution in [0.3, 0.4) is 0 Å². The Morgan fingerprint density at radius 3 is 2.32 bits per heavy atom. The Morgan fingerprint density at radius 1 is 1.21 bits per heavy atom. The Morgan fingerprint density at radius 2 is 1.79 bits per heavy atom.